The van der Waals surface area contributed by atoms with E-state index in [2.05, 4.69) is 15.3 Å². The minimum Gasteiger partial charge on any atom is -0.508 e. The molecule has 0 aliphatic rings. The van der Waals surface area contributed by atoms with Gasteiger partial charge in [0.05, 0.1) is 6.33 Å². The number of aromatic amines is 1. The molecule has 84 valence electrons. The van der Waals surface area contributed by atoms with Crippen molar-refractivity contribution in [3.8, 4) is 5.75 Å². The first kappa shape index (κ1) is 10.6. The van der Waals surface area contributed by atoms with Crippen LogP contribution in [-0.4, -0.2) is 15.1 Å². The lowest BCUT2D eigenvalue weighted by molar-refractivity contribution is 0.470. The number of hydrogen-bond donors (Lipinski definition) is 3. The summed E-state index contributed by atoms with van der Waals surface area (Å²) in [7, 11) is 0. The van der Waals surface area contributed by atoms with Gasteiger partial charge in [-0.1, -0.05) is 0 Å². The number of phenols is 1. The van der Waals surface area contributed by atoms with Crippen molar-refractivity contribution in [2.24, 2.45) is 0 Å². The number of nitrogens with one attached hydrogen (secondary N) is 2. The molecule has 3 N–H and O–H groups in total. The molecule has 0 aliphatic carbocycles. The zero-order valence-corrected chi connectivity index (χ0v) is 8.57. The molecular weight excluding hydrogens is 209 g/mol. The number of rotatable bonds is 4. The average Bonchev–Trinajstić information content (AvgIpc) is 2.76. The molecule has 0 atom stereocenters. The van der Waals surface area contributed by atoms with E-state index in [0.717, 1.165) is 5.69 Å². The highest BCUT2D eigenvalue weighted by atomic mass is 19.1. The van der Waals surface area contributed by atoms with Crippen molar-refractivity contribution in [1.29, 1.82) is 0 Å². The molecule has 0 fully saturated rings. The van der Waals surface area contributed by atoms with Crippen LogP contribution in [0.3, 0.4) is 0 Å². The van der Waals surface area contributed by atoms with Crippen molar-refractivity contribution in [1.82, 2.24) is 15.3 Å². The van der Waals surface area contributed by atoms with Crippen molar-refractivity contribution >= 4 is 0 Å². The van der Waals surface area contributed by atoms with Gasteiger partial charge in [0.2, 0.25) is 0 Å². The molecule has 0 saturated carbocycles. The molecule has 0 saturated heterocycles. The SMILES string of the molecule is Oc1ccc(F)c(CNCc2cnc[nH]2)c1. The van der Waals surface area contributed by atoms with Crippen molar-refractivity contribution in [2.75, 3.05) is 0 Å². The van der Waals surface area contributed by atoms with Gasteiger partial charge in [0.25, 0.3) is 0 Å². The number of H-pyrrole nitrogens is 1. The smallest absolute Gasteiger partial charge is 0.127 e. The summed E-state index contributed by atoms with van der Waals surface area (Å²) in [6.45, 7) is 0.939. The van der Waals surface area contributed by atoms with E-state index in [-0.39, 0.29) is 11.6 Å². The highest BCUT2D eigenvalue weighted by Crippen LogP contribution is 2.14. The van der Waals surface area contributed by atoms with Crippen LogP contribution in [0.15, 0.2) is 30.7 Å². The van der Waals surface area contributed by atoms with E-state index in [1.165, 1.54) is 18.2 Å². The quantitative estimate of drug-likeness (QED) is 0.734. The molecule has 0 aliphatic heterocycles. The van der Waals surface area contributed by atoms with E-state index >= 15 is 0 Å². The molecule has 0 unspecified atom stereocenters. The Kier molecular flexibility index (Phi) is 3.16. The Hall–Kier alpha value is -1.88. The molecule has 0 spiro atoms. The van der Waals surface area contributed by atoms with Gasteiger partial charge in [-0.3, -0.25) is 0 Å². The number of hydrogen-bond acceptors (Lipinski definition) is 3. The minimum atomic E-state index is -0.324. The summed E-state index contributed by atoms with van der Waals surface area (Å²) in [5.41, 5.74) is 1.38. The summed E-state index contributed by atoms with van der Waals surface area (Å²) < 4.78 is 13.3. The molecule has 5 heteroatoms. The number of imidazole rings is 1. The maximum atomic E-state index is 13.3. The van der Waals surface area contributed by atoms with Crippen LogP contribution in [0.4, 0.5) is 4.39 Å². The van der Waals surface area contributed by atoms with E-state index < -0.39 is 0 Å². The van der Waals surface area contributed by atoms with Gasteiger partial charge in [0, 0.05) is 30.5 Å². The minimum absolute atomic E-state index is 0.0692. The van der Waals surface area contributed by atoms with E-state index in [9.17, 15) is 9.50 Å². The van der Waals surface area contributed by atoms with Crippen LogP contribution in [0, 0.1) is 5.82 Å². The highest BCUT2D eigenvalue weighted by Gasteiger charge is 2.02. The number of aromatic nitrogens is 2. The summed E-state index contributed by atoms with van der Waals surface area (Å²) in [6, 6.07) is 3.99. The first-order valence-electron chi connectivity index (χ1n) is 4.91. The first-order valence-corrected chi connectivity index (χ1v) is 4.91. The first-order chi connectivity index (χ1) is 7.75. The molecule has 0 radical (unpaired) electrons. The van der Waals surface area contributed by atoms with Gasteiger partial charge in [0.15, 0.2) is 0 Å². The van der Waals surface area contributed by atoms with Crippen molar-refractivity contribution in [3.05, 3.63) is 47.8 Å². The van der Waals surface area contributed by atoms with Gasteiger partial charge in [-0.05, 0) is 18.2 Å². The number of benzene rings is 1. The normalized spacial score (nSPS) is 10.6. The molecule has 2 rings (SSSR count). The number of aromatic hydroxyl groups is 1. The molecular formula is C11H12FN3O. The van der Waals surface area contributed by atoms with Gasteiger partial charge in [-0.2, -0.15) is 0 Å². The predicted octanol–water partition coefficient (Wildman–Crippen LogP) is 1.54. The fraction of sp³-hybridized carbons (Fsp3) is 0.182. The fourth-order valence-corrected chi connectivity index (χ4v) is 1.41. The molecule has 0 bridgehead atoms. The third-order valence-electron chi connectivity index (χ3n) is 2.22. The summed E-state index contributed by atoms with van der Waals surface area (Å²) in [5.74, 6) is -0.255. The third kappa shape index (κ3) is 2.58. The lowest BCUT2D eigenvalue weighted by Gasteiger charge is -2.05. The molecule has 16 heavy (non-hydrogen) atoms. The molecule has 1 aromatic carbocycles. The van der Waals surface area contributed by atoms with Crippen LogP contribution in [0.5, 0.6) is 5.75 Å². The Morgan fingerprint density at radius 2 is 2.25 bits per heavy atom. The Morgan fingerprint density at radius 1 is 1.38 bits per heavy atom. The maximum absolute atomic E-state index is 13.3. The Morgan fingerprint density at radius 3 is 3.00 bits per heavy atom. The second-order valence-electron chi connectivity index (χ2n) is 3.46. The van der Waals surface area contributed by atoms with Crippen LogP contribution in [0.1, 0.15) is 11.3 Å². The topological polar surface area (TPSA) is 60.9 Å². The van der Waals surface area contributed by atoms with E-state index in [0.29, 0.717) is 18.7 Å². The van der Waals surface area contributed by atoms with Crippen LogP contribution < -0.4 is 5.32 Å². The lowest BCUT2D eigenvalue weighted by Crippen LogP contribution is -2.13. The summed E-state index contributed by atoms with van der Waals surface area (Å²) in [6.07, 6.45) is 3.29. The van der Waals surface area contributed by atoms with Gasteiger partial charge < -0.3 is 15.4 Å². The number of halogens is 1. The van der Waals surface area contributed by atoms with E-state index in [1.54, 1.807) is 12.5 Å². The fourth-order valence-electron chi connectivity index (χ4n) is 1.41. The molecule has 0 amide bonds. The monoisotopic (exact) mass is 221 g/mol. The van der Waals surface area contributed by atoms with Crippen LogP contribution >= 0.6 is 0 Å². The maximum Gasteiger partial charge on any atom is 0.127 e. The zero-order valence-electron chi connectivity index (χ0n) is 8.57. The summed E-state index contributed by atoms with van der Waals surface area (Å²) in [4.78, 5) is 6.80. The number of phenolic OH excluding ortho intramolecular Hbond substituents is 1. The van der Waals surface area contributed by atoms with Gasteiger partial charge >= 0.3 is 0 Å². The average molecular weight is 221 g/mol. The predicted molar refractivity (Wildman–Crippen MR) is 57.2 cm³/mol. The Balaban J connectivity index is 1.92. The Labute approximate surface area is 92.2 Å². The molecule has 4 nitrogen and oxygen atoms in total. The van der Waals surface area contributed by atoms with Crippen LogP contribution in [0.25, 0.3) is 0 Å². The van der Waals surface area contributed by atoms with Crippen molar-refractivity contribution in [2.45, 2.75) is 13.1 Å². The second-order valence-corrected chi connectivity index (χ2v) is 3.46. The summed E-state index contributed by atoms with van der Waals surface area (Å²) >= 11 is 0. The van der Waals surface area contributed by atoms with Crippen LogP contribution in [0.2, 0.25) is 0 Å². The summed E-state index contributed by atoms with van der Waals surface area (Å²) in [5, 5.41) is 12.3. The van der Waals surface area contributed by atoms with E-state index in [1.807, 2.05) is 0 Å². The number of nitrogens with zero attached hydrogens (tertiary/aromatic N) is 1. The van der Waals surface area contributed by atoms with Gasteiger partial charge in [-0.15, -0.1) is 0 Å². The second kappa shape index (κ2) is 4.76. The molecule has 2 aromatic rings. The third-order valence-corrected chi connectivity index (χ3v) is 2.22. The van der Waals surface area contributed by atoms with Crippen molar-refractivity contribution < 1.29 is 9.50 Å². The van der Waals surface area contributed by atoms with Gasteiger partial charge in [-0.25, -0.2) is 9.37 Å². The largest absolute Gasteiger partial charge is 0.508 e. The lowest BCUT2D eigenvalue weighted by atomic mass is 10.2. The standard InChI is InChI=1S/C11H12FN3O/c12-11-2-1-10(16)3-8(11)4-13-5-9-6-14-7-15-9/h1-3,6-7,13,16H,4-5H2,(H,14,15). The van der Waals surface area contributed by atoms with Crippen LogP contribution in [-0.2, 0) is 13.1 Å². The van der Waals surface area contributed by atoms with E-state index in [4.69, 9.17) is 0 Å². The zero-order chi connectivity index (χ0) is 11.4. The van der Waals surface area contributed by atoms with Crippen molar-refractivity contribution in [3.63, 3.8) is 0 Å². The molecule has 1 aromatic heterocycles. The molecule has 1 heterocycles. The highest BCUT2D eigenvalue weighted by molar-refractivity contribution is 5.28. The Bertz CT molecular complexity index is 456. The van der Waals surface area contributed by atoms with Gasteiger partial charge in [0.1, 0.15) is 11.6 Å².